The van der Waals surface area contributed by atoms with Crippen LogP contribution in [0.5, 0.6) is 0 Å². The van der Waals surface area contributed by atoms with Crippen molar-refractivity contribution < 1.29 is 7.86 Å². The van der Waals surface area contributed by atoms with Gasteiger partial charge in [0.05, 0.1) is 0 Å². The summed E-state index contributed by atoms with van der Waals surface area (Å²) in [5, 5.41) is 2.89. The van der Waals surface area contributed by atoms with Crippen LogP contribution in [-0.2, 0) is 7.86 Å². The SMILES string of the molecule is CC(C)N1CC2CCC(C1)N2c1ncc(C2CCN(CCCCNC(=O)COI)CC2)cn1. The van der Waals surface area contributed by atoms with E-state index in [1.807, 2.05) is 0 Å². The van der Waals surface area contributed by atoms with Crippen LogP contribution in [0.25, 0.3) is 0 Å². The van der Waals surface area contributed by atoms with Crippen LogP contribution < -0.4 is 10.2 Å². The third kappa shape index (κ3) is 6.55. The summed E-state index contributed by atoms with van der Waals surface area (Å²) in [5.41, 5.74) is 1.30. The molecule has 3 fully saturated rings. The highest BCUT2D eigenvalue weighted by Crippen LogP contribution is 2.34. The van der Waals surface area contributed by atoms with E-state index >= 15 is 0 Å². The van der Waals surface area contributed by atoms with E-state index in [1.54, 1.807) is 23.0 Å². The number of carbonyl (C=O) groups is 1. The number of unbranched alkanes of at least 4 members (excludes halogenated alkanes) is 1. The maximum absolute atomic E-state index is 11.4. The Morgan fingerprint density at radius 3 is 2.39 bits per heavy atom. The molecule has 0 saturated carbocycles. The van der Waals surface area contributed by atoms with Gasteiger partial charge in [0, 0.05) is 50.2 Å². The van der Waals surface area contributed by atoms with Gasteiger partial charge < -0.3 is 18.2 Å². The molecule has 184 valence electrons. The number of piperidine rings is 1. The molecule has 0 aliphatic carbocycles. The number of amides is 1. The lowest BCUT2D eigenvalue weighted by Crippen LogP contribution is -2.56. The lowest BCUT2D eigenvalue weighted by atomic mass is 9.91. The first-order chi connectivity index (χ1) is 16.0. The average Bonchev–Trinajstić information content (AvgIpc) is 3.08. The average molecular weight is 571 g/mol. The van der Waals surface area contributed by atoms with Crippen LogP contribution >= 0.6 is 23.0 Å². The summed E-state index contributed by atoms with van der Waals surface area (Å²) in [5.74, 6) is 1.46. The molecule has 1 amide bonds. The molecule has 0 radical (unpaired) electrons. The van der Waals surface area contributed by atoms with E-state index in [2.05, 4.69) is 46.3 Å². The molecule has 9 heteroatoms. The predicted octanol–water partition coefficient (Wildman–Crippen LogP) is 2.98. The second-order valence-electron chi connectivity index (χ2n) is 10.1. The van der Waals surface area contributed by atoms with E-state index in [9.17, 15) is 4.79 Å². The quantitative estimate of drug-likeness (QED) is 0.343. The van der Waals surface area contributed by atoms with E-state index in [-0.39, 0.29) is 12.5 Å². The first kappa shape index (κ1) is 25.1. The van der Waals surface area contributed by atoms with E-state index in [0.717, 1.165) is 58.1 Å². The van der Waals surface area contributed by atoms with Gasteiger partial charge in [-0.25, -0.2) is 9.97 Å². The third-order valence-electron chi connectivity index (χ3n) is 7.60. The van der Waals surface area contributed by atoms with Gasteiger partial charge in [-0.3, -0.25) is 9.69 Å². The van der Waals surface area contributed by atoms with Crippen molar-refractivity contribution in [2.45, 2.75) is 76.4 Å². The van der Waals surface area contributed by atoms with E-state index < -0.39 is 0 Å². The molecule has 3 saturated heterocycles. The number of rotatable bonds is 10. The maximum atomic E-state index is 11.4. The highest BCUT2D eigenvalue weighted by atomic mass is 127. The van der Waals surface area contributed by atoms with E-state index in [4.69, 9.17) is 13.0 Å². The number of nitrogens with one attached hydrogen (secondary N) is 1. The summed E-state index contributed by atoms with van der Waals surface area (Å²) >= 11 is 1.75. The van der Waals surface area contributed by atoms with Crippen LogP contribution in [0.4, 0.5) is 5.95 Å². The fourth-order valence-electron chi connectivity index (χ4n) is 5.64. The van der Waals surface area contributed by atoms with Crippen molar-refractivity contribution in [3.63, 3.8) is 0 Å². The van der Waals surface area contributed by atoms with E-state index in [0.29, 0.717) is 24.0 Å². The molecule has 4 rings (SSSR count). The van der Waals surface area contributed by atoms with Gasteiger partial charge in [-0.05, 0) is 83.5 Å². The van der Waals surface area contributed by atoms with Crippen molar-refractivity contribution in [2.24, 2.45) is 0 Å². The molecule has 1 N–H and O–H groups in total. The van der Waals surface area contributed by atoms with Crippen LogP contribution in [0.2, 0.25) is 0 Å². The molecule has 8 nitrogen and oxygen atoms in total. The van der Waals surface area contributed by atoms with Crippen molar-refractivity contribution >= 4 is 34.9 Å². The minimum atomic E-state index is -0.0380. The molecule has 0 aromatic carbocycles. The molecule has 4 heterocycles. The fraction of sp³-hybridized carbons (Fsp3) is 0.792. The monoisotopic (exact) mass is 570 g/mol. The Morgan fingerprint density at radius 2 is 1.79 bits per heavy atom. The minimum Gasteiger partial charge on any atom is -0.354 e. The summed E-state index contributed by atoms with van der Waals surface area (Å²) < 4.78 is 4.80. The van der Waals surface area contributed by atoms with Gasteiger partial charge in [0.15, 0.2) is 0 Å². The molecule has 1 aromatic rings. The Hall–Kier alpha value is -1.04. The smallest absolute Gasteiger partial charge is 0.247 e. The lowest BCUT2D eigenvalue weighted by Gasteiger charge is -2.42. The number of hydrogen-bond donors (Lipinski definition) is 1. The zero-order valence-corrected chi connectivity index (χ0v) is 22.2. The number of hydrogen-bond acceptors (Lipinski definition) is 7. The van der Waals surface area contributed by atoms with Gasteiger partial charge in [-0.15, -0.1) is 0 Å². The fourth-order valence-corrected chi connectivity index (χ4v) is 5.92. The van der Waals surface area contributed by atoms with Gasteiger partial charge in [-0.2, -0.15) is 0 Å². The third-order valence-corrected chi connectivity index (χ3v) is 7.91. The number of aromatic nitrogens is 2. The highest BCUT2D eigenvalue weighted by molar-refractivity contribution is 14.1. The minimum absolute atomic E-state index is 0.0380. The summed E-state index contributed by atoms with van der Waals surface area (Å²) in [4.78, 5) is 28.7. The summed E-state index contributed by atoms with van der Waals surface area (Å²) in [6.45, 7) is 11.1. The standard InChI is InChI=1S/C24H39IN6O2/c1-18(2)30-15-21-5-6-22(16-30)31(21)24-27-13-20(14-28-24)19-7-11-29(12-8-19)10-4-3-9-26-23(32)17-33-25/h13-14,18-19,21-22H,3-12,15-17H2,1-2H3,(H,26,32). The largest absolute Gasteiger partial charge is 0.354 e. The predicted molar refractivity (Wildman–Crippen MR) is 139 cm³/mol. The molecule has 0 spiro atoms. The number of carbonyl (C=O) groups excluding carboxylic acids is 1. The summed E-state index contributed by atoms with van der Waals surface area (Å²) in [6.07, 6.45) is 11.2. The van der Waals surface area contributed by atoms with Gasteiger partial charge in [0.25, 0.3) is 0 Å². The molecule has 3 aliphatic rings. The normalized spacial score (nSPS) is 24.5. The lowest BCUT2D eigenvalue weighted by molar-refractivity contribution is -0.122. The molecule has 2 bridgehead atoms. The molecule has 1 aromatic heterocycles. The van der Waals surface area contributed by atoms with Crippen molar-refractivity contribution in [3.8, 4) is 0 Å². The Kier molecular flexibility index (Phi) is 9.18. The Balaban J connectivity index is 1.19. The molecular weight excluding hydrogens is 531 g/mol. The van der Waals surface area contributed by atoms with Crippen molar-refractivity contribution in [1.82, 2.24) is 25.1 Å². The second-order valence-corrected chi connectivity index (χ2v) is 10.7. The van der Waals surface area contributed by atoms with Gasteiger partial charge in [0.2, 0.25) is 11.9 Å². The van der Waals surface area contributed by atoms with Crippen LogP contribution in [-0.4, -0.2) is 89.7 Å². The topological polar surface area (TPSA) is 73.8 Å². The number of piperazine rings is 1. The summed E-state index contributed by atoms with van der Waals surface area (Å²) in [7, 11) is 0. The van der Waals surface area contributed by atoms with Gasteiger partial charge in [0.1, 0.15) is 29.6 Å². The summed E-state index contributed by atoms with van der Waals surface area (Å²) in [6, 6.07) is 1.74. The van der Waals surface area contributed by atoms with Crippen molar-refractivity contribution in [2.75, 3.05) is 50.8 Å². The zero-order valence-electron chi connectivity index (χ0n) is 20.1. The number of anilines is 1. The van der Waals surface area contributed by atoms with Gasteiger partial charge in [-0.1, -0.05) is 0 Å². The van der Waals surface area contributed by atoms with Gasteiger partial charge >= 0.3 is 0 Å². The molecule has 2 unspecified atom stereocenters. The zero-order chi connectivity index (χ0) is 23.2. The molecule has 2 atom stereocenters. The number of nitrogens with zero attached hydrogens (tertiary/aromatic N) is 5. The van der Waals surface area contributed by atoms with Crippen molar-refractivity contribution in [1.29, 1.82) is 0 Å². The van der Waals surface area contributed by atoms with Crippen molar-refractivity contribution in [3.05, 3.63) is 18.0 Å². The maximum Gasteiger partial charge on any atom is 0.247 e. The first-order valence-electron chi connectivity index (χ1n) is 12.6. The highest BCUT2D eigenvalue weighted by Gasteiger charge is 2.41. The Labute approximate surface area is 212 Å². The molecule has 3 aliphatic heterocycles. The number of fused-ring (bicyclic) bond motifs is 2. The number of halogens is 1. The van der Waals surface area contributed by atoms with Crippen LogP contribution in [0.15, 0.2) is 12.4 Å². The second kappa shape index (κ2) is 12.1. The molecule has 33 heavy (non-hydrogen) atoms. The first-order valence-corrected chi connectivity index (χ1v) is 13.5. The Bertz CT molecular complexity index is 742. The van der Waals surface area contributed by atoms with Crippen LogP contribution in [0.3, 0.4) is 0 Å². The number of likely N-dealkylation sites (tertiary alicyclic amines) is 2. The van der Waals surface area contributed by atoms with Crippen LogP contribution in [0.1, 0.15) is 63.9 Å². The van der Waals surface area contributed by atoms with Crippen LogP contribution in [0, 0.1) is 0 Å². The molecular formula is C24H39IN6O2. The van der Waals surface area contributed by atoms with E-state index in [1.165, 1.54) is 31.2 Å². The Morgan fingerprint density at radius 1 is 1.12 bits per heavy atom.